The van der Waals surface area contributed by atoms with E-state index in [0.29, 0.717) is 6.42 Å². The highest BCUT2D eigenvalue weighted by molar-refractivity contribution is 9.11. The van der Waals surface area contributed by atoms with Crippen LogP contribution in [0.2, 0.25) is 0 Å². The molecule has 7 heteroatoms. The van der Waals surface area contributed by atoms with Gasteiger partial charge in [-0.1, -0.05) is 6.92 Å². The fraction of sp³-hybridized carbons (Fsp3) is 0.375. The van der Waals surface area contributed by atoms with Crippen LogP contribution in [0.4, 0.5) is 0 Å². The molecule has 0 saturated carbocycles. The van der Waals surface area contributed by atoms with Crippen LogP contribution in [0.25, 0.3) is 0 Å². The molecule has 1 aromatic heterocycles. The molecule has 1 aromatic rings. The smallest absolute Gasteiger partial charge is 0.335 e. The molecule has 1 heterocycles. The normalized spacial score (nSPS) is 12.2. The highest BCUT2D eigenvalue weighted by Gasteiger charge is 2.29. The minimum atomic E-state index is -0.868. The first-order chi connectivity index (χ1) is 7.10. The molecular weight excluding hydrogens is 284 g/mol. The Morgan fingerprint density at radius 1 is 1.73 bits per heavy atom. The van der Waals surface area contributed by atoms with E-state index in [4.69, 9.17) is 5.90 Å². The molecule has 0 saturated heterocycles. The van der Waals surface area contributed by atoms with Crippen LogP contribution >= 0.6 is 27.3 Å². The predicted octanol–water partition coefficient (Wildman–Crippen LogP) is 1.53. The summed E-state index contributed by atoms with van der Waals surface area (Å²) in [5.74, 6) is 2.79. The molecular formula is C8H9BrN2O3S. The van der Waals surface area contributed by atoms with Crippen LogP contribution in [0, 0.1) is 5.92 Å². The van der Waals surface area contributed by atoms with E-state index in [2.05, 4.69) is 25.8 Å². The van der Waals surface area contributed by atoms with E-state index in [0.717, 1.165) is 3.79 Å². The minimum absolute atomic E-state index is 0.277. The van der Waals surface area contributed by atoms with Gasteiger partial charge in [0.1, 0.15) is 5.92 Å². The fourth-order valence-corrected chi connectivity index (χ4v) is 2.26. The van der Waals surface area contributed by atoms with Crippen molar-refractivity contribution in [1.29, 1.82) is 0 Å². The van der Waals surface area contributed by atoms with Gasteiger partial charge in [-0.3, -0.25) is 4.79 Å². The van der Waals surface area contributed by atoms with Crippen molar-refractivity contribution in [3.63, 3.8) is 0 Å². The first kappa shape index (κ1) is 12.3. The van der Waals surface area contributed by atoms with Crippen LogP contribution in [-0.4, -0.2) is 16.7 Å². The van der Waals surface area contributed by atoms with Crippen molar-refractivity contribution in [1.82, 2.24) is 4.98 Å². The van der Waals surface area contributed by atoms with Crippen LogP contribution in [0.3, 0.4) is 0 Å². The van der Waals surface area contributed by atoms with Gasteiger partial charge in [0.25, 0.3) is 0 Å². The van der Waals surface area contributed by atoms with Crippen molar-refractivity contribution in [2.45, 2.75) is 13.3 Å². The summed E-state index contributed by atoms with van der Waals surface area (Å²) in [4.78, 5) is 30.9. The van der Waals surface area contributed by atoms with Gasteiger partial charge < -0.3 is 4.84 Å². The van der Waals surface area contributed by atoms with Gasteiger partial charge in [-0.2, -0.15) is 5.90 Å². The maximum absolute atomic E-state index is 11.8. The number of nitrogens with two attached hydrogens (primary N) is 1. The summed E-state index contributed by atoms with van der Waals surface area (Å²) in [7, 11) is 0. The monoisotopic (exact) mass is 292 g/mol. The second-order valence-corrected chi connectivity index (χ2v) is 5.14. The number of Topliss-reactive ketones (excluding diaryl/α,β-unsaturated/α-hetero) is 1. The van der Waals surface area contributed by atoms with Crippen LogP contribution in [-0.2, 0) is 9.63 Å². The van der Waals surface area contributed by atoms with Crippen molar-refractivity contribution in [2.24, 2.45) is 11.8 Å². The fourth-order valence-electron chi connectivity index (χ4n) is 1.06. The number of hydrogen-bond acceptors (Lipinski definition) is 6. The summed E-state index contributed by atoms with van der Waals surface area (Å²) < 4.78 is 0.738. The molecule has 0 aliphatic heterocycles. The third-order valence-corrected chi connectivity index (χ3v) is 3.30. The zero-order valence-electron chi connectivity index (χ0n) is 7.90. The summed E-state index contributed by atoms with van der Waals surface area (Å²) in [6.45, 7) is 1.71. The zero-order chi connectivity index (χ0) is 11.4. The Bertz CT molecular complexity index is 380. The van der Waals surface area contributed by atoms with E-state index in [-0.39, 0.29) is 10.8 Å². The highest BCUT2D eigenvalue weighted by Crippen LogP contribution is 2.22. The van der Waals surface area contributed by atoms with E-state index in [1.165, 1.54) is 17.5 Å². The maximum Gasteiger partial charge on any atom is 0.335 e. The lowest BCUT2D eigenvalue weighted by atomic mass is 10.0. The van der Waals surface area contributed by atoms with Crippen LogP contribution < -0.4 is 5.90 Å². The summed E-state index contributed by atoms with van der Waals surface area (Å²) in [6, 6.07) is 0. The SMILES string of the molecule is CCC(C(=O)ON)C(=O)c1ncc(Br)s1. The Balaban J connectivity index is 2.87. The number of rotatable bonds is 4. The van der Waals surface area contributed by atoms with Gasteiger partial charge in [0, 0.05) is 0 Å². The average Bonchev–Trinajstić information content (AvgIpc) is 2.65. The van der Waals surface area contributed by atoms with Gasteiger partial charge in [0.05, 0.1) is 9.98 Å². The maximum atomic E-state index is 11.8. The number of ketones is 1. The third kappa shape index (κ3) is 2.83. The van der Waals surface area contributed by atoms with Crippen LogP contribution in [0.15, 0.2) is 9.98 Å². The number of aromatic nitrogens is 1. The van der Waals surface area contributed by atoms with E-state index in [9.17, 15) is 9.59 Å². The molecule has 0 aromatic carbocycles. The molecule has 0 amide bonds. The standard InChI is InChI=1S/C8H9BrN2O3S/c1-2-4(8(13)14-10)6(12)7-11-3-5(9)15-7/h3-4H,2,10H2,1H3. The summed E-state index contributed by atoms with van der Waals surface area (Å²) >= 11 is 4.36. The highest BCUT2D eigenvalue weighted by atomic mass is 79.9. The molecule has 5 nitrogen and oxygen atoms in total. The molecule has 82 valence electrons. The van der Waals surface area contributed by atoms with Gasteiger partial charge >= 0.3 is 5.97 Å². The first-order valence-corrected chi connectivity index (χ1v) is 5.77. The predicted molar refractivity (Wildman–Crippen MR) is 58.2 cm³/mol. The second kappa shape index (κ2) is 5.34. The van der Waals surface area contributed by atoms with Gasteiger partial charge in [0.15, 0.2) is 5.01 Å². The van der Waals surface area contributed by atoms with Gasteiger partial charge in [-0.05, 0) is 22.4 Å². The number of carbonyl (C=O) groups excluding carboxylic acids is 2. The van der Waals surface area contributed by atoms with Crippen molar-refractivity contribution < 1.29 is 14.4 Å². The Labute approximate surface area is 98.7 Å². The molecule has 15 heavy (non-hydrogen) atoms. The first-order valence-electron chi connectivity index (χ1n) is 4.16. The van der Waals surface area contributed by atoms with Crippen LogP contribution in [0.1, 0.15) is 23.1 Å². The summed E-state index contributed by atoms with van der Waals surface area (Å²) in [6.07, 6.45) is 1.85. The molecule has 0 radical (unpaired) electrons. The van der Waals surface area contributed by atoms with Gasteiger partial charge in [0.2, 0.25) is 5.78 Å². The zero-order valence-corrected chi connectivity index (χ0v) is 10.3. The number of thiazole rings is 1. The van der Waals surface area contributed by atoms with Crippen LogP contribution in [0.5, 0.6) is 0 Å². The Kier molecular flexibility index (Phi) is 4.37. The molecule has 1 rings (SSSR count). The molecule has 1 atom stereocenters. The molecule has 0 aliphatic carbocycles. The Hall–Kier alpha value is -0.790. The van der Waals surface area contributed by atoms with Gasteiger partial charge in [-0.15, -0.1) is 11.3 Å². The Morgan fingerprint density at radius 3 is 2.80 bits per heavy atom. The molecule has 0 aliphatic rings. The van der Waals surface area contributed by atoms with E-state index >= 15 is 0 Å². The number of carbonyl (C=O) groups is 2. The lowest BCUT2D eigenvalue weighted by Crippen LogP contribution is -2.27. The minimum Gasteiger partial charge on any atom is -0.373 e. The van der Waals surface area contributed by atoms with Crippen molar-refractivity contribution in [3.8, 4) is 0 Å². The quantitative estimate of drug-likeness (QED) is 0.517. The van der Waals surface area contributed by atoms with Crippen molar-refractivity contribution in [3.05, 3.63) is 15.0 Å². The largest absolute Gasteiger partial charge is 0.373 e. The second-order valence-electron chi connectivity index (χ2n) is 2.73. The molecule has 0 bridgehead atoms. The summed E-state index contributed by atoms with van der Waals surface area (Å²) in [5.41, 5.74) is 0. The van der Waals surface area contributed by atoms with E-state index in [1.54, 1.807) is 6.92 Å². The van der Waals surface area contributed by atoms with E-state index < -0.39 is 11.9 Å². The number of nitrogens with zero attached hydrogens (tertiary/aromatic N) is 1. The Morgan fingerprint density at radius 2 is 2.40 bits per heavy atom. The molecule has 0 fully saturated rings. The number of halogens is 1. The topological polar surface area (TPSA) is 82.3 Å². The lowest BCUT2D eigenvalue weighted by Gasteiger charge is -2.07. The van der Waals surface area contributed by atoms with Crippen molar-refractivity contribution in [2.75, 3.05) is 0 Å². The van der Waals surface area contributed by atoms with Gasteiger partial charge in [-0.25, -0.2) is 9.78 Å². The number of hydrogen-bond donors (Lipinski definition) is 1. The summed E-state index contributed by atoms with van der Waals surface area (Å²) in [5, 5.41) is 0.277. The average molecular weight is 293 g/mol. The van der Waals surface area contributed by atoms with Crippen molar-refractivity contribution >= 4 is 39.0 Å². The third-order valence-electron chi connectivity index (χ3n) is 1.81. The van der Waals surface area contributed by atoms with E-state index in [1.807, 2.05) is 0 Å². The lowest BCUT2D eigenvalue weighted by molar-refractivity contribution is -0.147. The molecule has 1 unspecified atom stereocenters. The molecule has 2 N–H and O–H groups in total. The molecule has 0 spiro atoms.